The second-order valence-electron chi connectivity index (χ2n) is 4.49. The van der Waals surface area contributed by atoms with Crippen LogP contribution in [0, 0.1) is 15.3 Å². The van der Waals surface area contributed by atoms with Gasteiger partial charge in [-0.3, -0.25) is 14.9 Å². The monoisotopic (exact) mass is 351 g/mol. The number of esters is 1. The molecule has 1 aromatic heterocycles. The average molecular weight is 352 g/mol. The molecule has 1 N–H and O–H groups in total. The Labute approximate surface area is 140 Å². The van der Waals surface area contributed by atoms with Gasteiger partial charge in [-0.1, -0.05) is 11.6 Å². The molecular formula is C14H10ClN3O6. The van der Waals surface area contributed by atoms with E-state index in [1.54, 1.807) is 0 Å². The minimum absolute atomic E-state index is 0.0656. The van der Waals surface area contributed by atoms with Crippen molar-refractivity contribution in [3.8, 4) is 0 Å². The highest BCUT2D eigenvalue weighted by Gasteiger charge is 2.15. The number of benzene rings is 1. The van der Waals surface area contributed by atoms with Crippen LogP contribution in [0.5, 0.6) is 0 Å². The molecule has 0 radical (unpaired) electrons. The van der Waals surface area contributed by atoms with Crippen LogP contribution in [0.3, 0.4) is 0 Å². The fraction of sp³-hybridized carbons (Fsp3) is 0.0714. The summed E-state index contributed by atoms with van der Waals surface area (Å²) in [6.07, 6.45) is 2.23. The van der Waals surface area contributed by atoms with Crippen LogP contribution in [0.15, 0.2) is 42.7 Å². The van der Waals surface area contributed by atoms with Gasteiger partial charge < -0.3 is 15.3 Å². The highest BCUT2D eigenvalue weighted by molar-refractivity contribution is 6.32. The highest BCUT2D eigenvalue weighted by atomic mass is 35.5. The zero-order chi connectivity index (χ0) is 17.7. The zero-order valence-corrected chi connectivity index (χ0v) is 12.7. The molecule has 0 spiro atoms. The van der Waals surface area contributed by atoms with Gasteiger partial charge in [-0.05, 0) is 12.1 Å². The fourth-order valence-electron chi connectivity index (χ4n) is 1.69. The van der Waals surface area contributed by atoms with E-state index in [4.69, 9.17) is 16.3 Å². The number of nitro groups is 1. The van der Waals surface area contributed by atoms with Gasteiger partial charge in [0.05, 0.1) is 10.5 Å². The molecule has 1 amide bonds. The maximum atomic E-state index is 11.7. The average Bonchev–Trinajstić information content (AvgIpc) is 2.55. The number of carbonyl (C=O) groups is 2. The molecule has 0 aliphatic rings. The molecule has 0 bridgehead atoms. The summed E-state index contributed by atoms with van der Waals surface area (Å²) in [7, 11) is 0. The van der Waals surface area contributed by atoms with Gasteiger partial charge >= 0.3 is 5.97 Å². The number of nitrogens with one attached hydrogen (secondary N) is 1. The summed E-state index contributed by atoms with van der Waals surface area (Å²) in [6.45, 7) is -0.596. The van der Waals surface area contributed by atoms with E-state index in [1.165, 1.54) is 24.3 Å². The minimum Gasteiger partial charge on any atom is -0.619 e. The first kappa shape index (κ1) is 17.2. The van der Waals surface area contributed by atoms with Crippen molar-refractivity contribution in [2.75, 3.05) is 11.9 Å². The lowest BCUT2D eigenvalue weighted by Crippen LogP contribution is -2.25. The SMILES string of the molecule is O=C(COC(=O)c1cc[n+]([O-])cc1)Nc1ccc(Cl)c([N+](=O)[O-])c1. The fourth-order valence-corrected chi connectivity index (χ4v) is 1.88. The summed E-state index contributed by atoms with van der Waals surface area (Å²) in [6, 6.07) is 6.22. The Morgan fingerprint density at radius 1 is 1.25 bits per heavy atom. The van der Waals surface area contributed by atoms with E-state index >= 15 is 0 Å². The van der Waals surface area contributed by atoms with Crippen LogP contribution in [0.2, 0.25) is 5.02 Å². The summed E-state index contributed by atoms with van der Waals surface area (Å²) in [5.74, 6) is -1.47. The van der Waals surface area contributed by atoms with Gasteiger partial charge in [-0.15, -0.1) is 0 Å². The van der Waals surface area contributed by atoms with Crippen molar-refractivity contribution in [2.45, 2.75) is 0 Å². The third-order valence-corrected chi connectivity index (χ3v) is 3.12. The van der Waals surface area contributed by atoms with Crippen molar-refractivity contribution < 1.29 is 24.0 Å². The van der Waals surface area contributed by atoms with Crippen LogP contribution in [0.1, 0.15) is 10.4 Å². The van der Waals surface area contributed by atoms with Gasteiger partial charge in [0.2, 0.25) is 0 Å². The number of ether oxygens (including phenoxy) is 1. The number of rotatable bonds is 5. The van der Waals surface area contributed by atoms with Crippen LogP contribution in [-0.2, 0) is 9.53 Å². The van der Waals surface area contributed by atoms with Crippen LogP contribution in [0.25, 0.3) is 0 Å². The predicted molar refractivity (Wildman–Crippen MR) is 82.4 cm³/mol. The molecule has 0 unspecified atom stereocenters. The lowest BCUT2D eigenvalue weighted by Gasteiger charge is -2.07. The van der Waals surface area contributed by atoms with Crippen molar-refractivity contribution in [1.82, 2.24) is 0 Å². The first-order valence-corrected chi connectivity index (χ1v) is 6.84. The van der Waals surface area contributed by atoms with Crippen molar-refractivity contribution in [3.63, 3.8) is 0 Å². The minimum atomic E-state index is -0.784. The molecule has 0 saturated heterocycles. The summed E-state index contributed by atoms with van der Waals surface area (Å²) in [5, 5.41) is 23.9. The van der Waals surface area contributed by atoms with Crippen LogP contribution >= 0.6 is 11.6 Å². The summed E-state index contributed by atoms with van der Waals surface area (Å²) < 4.78 is 5.28. The third-order valence-electron chi connectivity index (χ3n) is 2.80. The molecule has 2 rings (SSSR count). The van der Waals surface area contributed by atoms with E-state index < -0.39 is 23.4 Å². The van der Waals surface area contributed by atoms with Crippen molar-refractivity contribution in [3.05, 3.63) is 68.6 Å². The Hall–Kier alpha value is -3.20. The Morgan fingerprint density at radius 3 is 2.54 bits per heavy atom. The number of nitro benzene ring substituents is 1. The van der Waals surface area contributed by atoms with Gasteiger partial charge in [-0.2, -0.15) is 4.73 Å². The quantitative estimate of drug-likeness (QED) is 0.287. The molecule has 0 fully saturated rings. The van der Waals surface area contributed by atoms with E-state index in [0.29, 0.717) is 4.73 Å². The van der Waals surface area contributed by atoms with E-state index in [9.17, 15) is 24.9 Å². The number of anilines is 1. The van der Waals surface area contributed by atoms with E-state index in [2.05, 4.69) is 5.32 Å². The van der Waals surface area contributed by atoms with E-state index in [0.717, 1.165) is 18.5 Å². The first-order valence-electron chi connectivity index (χ1n) is 6.46. The molecule has 24 heavy (non-hydrogen) atoms. The van der Waals surface area contributed by atoms with Crippen molar-refractivity contribution >= 4 is 34.9 Å². The molecule has 1 heterocycles. The van der Waals surface area contributed by atoms with Crippen LogP contribution in [0.4, 0.5) is 11.4 Å². The molecule has 1 aromatic carbocycles. The van der Waals surface area contributed by atoms with Crippen LogP contribution in [-0.4, -0.2) is 23.4 Å². The normalized spacial score (nSPS) is 10.0. The summed E-state index contributed by atoms with van der Waals surface area (Å²) >= 11 is 5.66. The van der Waals surface area contributed by atoms with Gasteiger partial charge in [0.25, 0.3) is 11.6 Å². The molecule has 0 aliphatic carbocycles. The lowest BCUT2D eigenvalue weighted by molar-refractivity contribution is -0.605. The van der Waals surface area contributed by atoms with Crippen LogP contribution < -0.4 is 10.0 Å². The maximum absolute atomic E-state index is 11.7. The van der Waals surface area contributed by atoms with Gasteiger partial charge in [0.1, 0.15) is 5.02 Å². The Morgan fingerprint density at radius 2 is 1.92 bits per heavy atom. The molecule has 0 saturated carbocycles. The molecule has 9 nitrogen and oxygen atoms in total. The molecule has 124 valence electrons. The Bertz CT molecular complexity index is 794. The standard InChI is InChI=1S/C14H10ClN3O6/c15-11-2-1-10(7-12(11)18(22)23)16-13(19)8-24-14(20)9-3-5-17(21)6-4-9/h1-7H,8H2,(H,16,19). The van der Waals surface area contributed by atoms with Gasteiger partial charge in [-0.25, -0.2) is 4.79 Å². The molecule has 0 atom stereocenters. The second-order valence-corrected chi connectivity index (χ2v) is 4.90. The number of aromatic nitrogens is 1. The summed E-state index contributed by atoms with van der Waals surface area (Å²) in [4.78, 5) is 33.5. The topological polar surface area (TPSA) is 125 Å². The number of halogens is 1. The van der Waals surface area contributed by atoms with E-state index in [1.807, 2.05) is 0 Å². The van der Waals surface area contributed by atoms with Crippen molar-refractivity contribution in [2.24, 2.45) is 0 Å². The molecule has 10 heteroatoms. The highest BCUT2D eigenvalue weighted by Crippen LogP contribution is 2.27. The predicted octanol–water partition coefficient (Wildman–Crippen LogP) is 1.68. The van der Waals surface area contributed by atoms with Gasteiger partial charge in [0.15, 0.2) is 19.0 Å². The molecular weight excluding hydrogens is 342 g/mol. The number of pyridine rings is 1. The van der Waals surface area contributed by atoms with Gasteiger partial charge in [0, 0.05) is 23.9 Å². The second kappa shape index (κ2) is 7.38. The molecule has 0 aliphatic heterocycles. The number of carbonyl (C=O) groups excluding carboxylic acids is 2. The maximum Gasteiger partial charge on any atom is 0.339 e. The smallest absolute Gasteiger partial charge is 0.339 e. The molecule has 2 aromatic rings. The number of nitrogens with zero attached hydrogens (tertiary/aromatic N) is 2. The Kier molecular flexibility index (Phi) is 5.27. The lowest BCUT2D eigenvalue weighted by atomic mass is 10.2. The van der Waals surface area contributed by atoms with E-state index in [-0.39, 0.29) is 22.0 Å². The first-order chi connectivity index (χ1) is 11.4. The number of hydrogen-bond donors (Lipinski definition) is 1. The van der Waals surface area contributed by atoms with Crippen molar-refractivity contribution in [1.29, 1.82) is 0 Å². The largest absolute Gasteiger partial charge is 0.619 e. The number of hydrogen-bond acceptors (Lipinski definition) is 6. The summed E-state index contributed by atoms with van der Waals surface area (Å²) in [5.41, 5.74) is -0.113. The zero-order valence-electron chi connectivity index (χ0n) is 12.0. The third kappa shape index (κ3) is 4.40. The number of amides is 1. The Balaban J connectivity index is 1.94.